The van der Waals surface area contributed by atoms with Gasteiger partial charge in [-0.15, -0.1) is 0 Å². The van der Waals surface area contributed by atoms with Gasteiger partial charge in [-0.3, -0.25) is 0 Å². The first-order valence-electron chi connectivity index (χ1n) is 5.86. The number of anilines is 1. The van der Waals surface area contributed by atoms with Crippen molar-refractivity contribution in [3.8, 4) is 11.3 Å². The van der Waals surface area contributed by atoms with Gasteiger partial charge in [0.05, 0.1) is 25.1 Å². The summed E-state index contributed by atoms with van der Waals surface area (Å²) >= 11 is 3.62. The van der Waals surface area contributed by atoms with Crippen molar-refractivity contribution < 1.29 is 9.15 Å². The van der Waals surface area contributed by atoms with E-state index in [1.165, 1.54) is 12.1 Å². The molecule has 1 saturated heterocycles. The fourth-order valence-corrected chi connectivity index (χ4v) is 2.71. The SMILES string of the molecule is Brc1cc(-c2cnco2)ccc1N1CCOCC1. The van der Waals surface area contributed by atoms with Crippen LogP contribution >= 0.6 is 15.9 Å². The maximum atomic E-state index is 5.36. The van der Waals surface area contributed by atoms with Crippen molar-refractivity contribution in [1.29, 1.82) is 0 Å². The minimum atomic E-state index is 0.782. The highest BCUT2D eigenvalue weighted by atomic mass is 79.9. The van der Waals surface area contributed by atoms with Gasteiger partial charge < -0.3 is 14.1 Å². The van der Waals surface area contributed by atoms with E-state index in [-0.39, 0.29) is 0 Å². The minimum absolute atomic E-state index is 0.782. The monoisotopic (exact) mass is 308 g/mol. The average molecular weight is 309 g/mol. The van der Waals surface area contributed by atoms with Gasteiger partial charge in [0, 0.05) is 23.1 Å². The number of benzene rings is 1. The number of halogens is 1. The van der Waals surface area contributed by atoms with Crippen LogP contribution in [0.4, 0.5) is 5.69 Å². The van der Waals surface area contributed by atoms with Crippen molar-refractivity contribution in [2.24, 2.45) is 0 Å². The Bertz CT molecular complexity index is 522. The van der Waals surface area contributed by atoms with Crippen LogP contribution in [-0.4, -0.2) is 31.3 Å². The second-order valence-electron chi connectivity index (χ2n) is 4.13. The second kappa shape index (κ2) is 5.12. The molecule has 0 spiro atoms. The molecule has 1 aliphatic rings. The van der Waals surface area contributed by atoms with E-state index >= 15 is 0 Å². The lowest BCUT2D eigenvalue weighted by Crippen LogP contribution is -2.36. The molecule has 5 heteroatoms. The Morgan fingerprint density at radius 2 is 2.06 bits per heavy atom. The Hall–Kier alpha value is -1.33. The molecule has 1 aromatic carbocycles. The van der Waals surface area contributed by atoms with Crippen molar-refractivity contribution in [3.05, 3.63) is 35.3 Å². The Balaban J connectivity index is 1.89. The molecule has 2 aromatic rings. The van der Waals surface area contributed by atoms with Crippen molar-refractivity contribution in [1.82, 2.24) is 4.98 Å². The Labute approximate surface area is 114 Å². The summed E-state index contributed by atoms with van der Waals surface area (Å²) < 4.78 is 11.7. The van der Waals surface area contributed by atoms with E-state index in [9.17, 15) is 0 Å². The topological polar surface area (TPSA) is 38.5 Å². The van der Waals surface area contributed by atoms with Gasteiger partial charge in [0.2, 0.25) is 0 Å². The lowest BCUT2D eigenvalue weighted by atomic mass is 10.1. The van der Waals surface area contributed by atoms with Gasteiger partial charge in [-0.25, -0.2) is 4.98 Å². The fourth-order valence-electron chi connectivity index (χ4n) is 2.08. The standard InChI is InChI=1S/C13H13BrN2O2/c14-11-7-10(13-8-15-9-18-13)1-2-12(11)16-3-5-17-6-4-16/h1-2,7-9H,3-6H2. The smallest absolute Gasteiger partial charge is 0.181 e. The molecule has 0 bridgehead atoms. The number of rotatable bonds is 2. The third-order valence-electron chi connectivity index (χ3n) is 3.02. The zero-order chi connectivity index (χ0) is 12.4. The van der Waals surface area contributed by atoms with Crippen LogP contribution in [0.25, 0.3) is 11.3 Å². The van der Waals surface area contributed by atoms with E-state index in [2.05, 4.69) is 44.0 Å². The van der Waals surface area contributed by atoms with Crippen LogP contribution in [-0.2, 0) is 4.74 Å². The number of morpholine rings is 1. The van der Waals surface area contributed by atoms with Gasteiger partial charge in [0.15, 0.2) is 12.2 Å². The van der Waals surface area contributed by atoms with E-state index in [1.54, 1.807) is 6.20 Å². The Morgan fingerprint density at radius 1 is 1.22 bits per heavy atom. The molecule has 0 atom stereocenters. The van der Waals surface area contributed by atoms with Crippen molar-refractivity contribution in [2.75, 3.05) is 31.2 Å². The maximum Gasteiger partial charge on any atom is 0.181 e. The van der Waals surface area contributed by atoms with E-state index in [4.69, 9.17) is 9.15 Å². The molecular weight excluding hydrogens is 296 g/mol. The molecule has 1 fully saturated rings. The van der Waals surface area contributed by atoms with Crippen molar-refractivity contribution >= 4 is 21.6 Å². The number of nitrogens with zero attached hydrogens (tertiary/aromatic N) is 2. The molecule has 3 rings (SSSR count). The van der Waals surface area contributed by atoms with Crippen LogP contribution in [0.2, 0.25) is 0 Å². The van der Waals surface area contributed by atoms with Gasteiger partial charge in [-0.1, -0.05) is 0 Å². The lowest BCUT2D eigenvalue weighted by molar-refractivity contribution is 0.122. The summed E-state index contributed by atoms with van der Waals surface area (Å²) in [6.45, 7) is 3.44. The largest absolute Gasteiger partial charge is 0.444 e. The molecular formula is C13H13BrN2O2. The highest BCUT2D eigenvalue weighted by Gasteiger charge is 2.14. The fraction of sp³-hybridized carbons (Fsp3) is 0.308. The minimum Gasteiger partial charge on any atom is -0.444 e. The molecule has 1 aromatic heterocycles. The molecule has 0 amide bonds. The molecule has 4 nitrogen and oxygen atoms in total. The van der Waals surface area contributed by atoms with Crippen LogP contribution in [0, 0.1) is 0 Å². The van der Waals surface area contributed by atoms with E-state index in [0.29, 0.717) is 0 Å². The van der Waals surface area contributed by atoms with Gasteiger partial charge in [0.25, 0.3) is 0 Å². The number of hydrogen-bond donors (Lipinski definition) is 0. The Morgan fingerprint density at radius 3 is 2.72 bits per heavy atom. The Kier molecular flexibility index (Phi) is 3.34. The highest BCUT2D eigenvalue weighted by Crippen LogP contribution is 2.31. The lowest BCUT2D eigenvalue weighted by Gasteiger charge is -2.29. The number of aromatic nitrogens is 1. The van der Waals surface area contributed by atoms with Gasteiger partial charge in [-0.05, 0) is 34.1 Å². The van der Waals surface area contributed by atoms with Crippen LogP contribution in [0.3, 0.4) is 0 Å². The first-order chi connectivity index (χ1) is 8.84. The summed E-state index contributed by atoms with van der Waals surface area (Å²) in [6.07, 6.45) is 3.16. The summed E-state index contributed by atoms with van der Waals surface area (Å²) in [5.74, 6) is 0.782. The summed E-state index contributed by atoms with van der Waals surface area (Å²) in [4.78, 5) is 6.25. The molecule has 94 valence electrons. The quantitative estimate of drug-likeness (QED) is 0.855. The third kappa shape index (κ3) is 2.28. The van der Waals surface area contributed by atoms with Crippen LogP contribution in [0.5, 0.6) is 0 Å². The predicted molar refractivity (Wildman–Crippen MR) is 72.7 cm³/mol. The van der Waals surface area contributed by atoms with Crippen LogP contribution < -0.4 is 4.90 Å². The zero-order valence-corrected chi connectivity index (χ0v) is 11.4. The van der Waals surface area contributed by atoms with E-state index < -0.39 is 0 Å². The number of hydrogen-bond acceptors (Lipinski definition) is 4. The van der Waals surface area contributed by atoms with Crippen LogP contribution in [0.15, 0.2) is 39.7 Å². The van der Waals surface area contributed by atoms with E-state index in [1.807, 2.05) is 0 Å². The molecule has 0 saturated carbocycles. The second-order valence-corrected chi connectivity index (χ2v) is 4.99. The number of oxazole rings is 1. The summed E-state index contributed by atoms with van der Waals surface area (Å²) in [6, 6.07) is 6.22. The first kappa shape index (κ1) is 11.7. The molecule has 18 heavy (non-hydrogen) atoms. The molecule has 0 unspecified atom stereocenters. The molecule has 2 heterocycles. The summed E-state index contributed by atoms with van der Waals surface area (Å²) in [7, 11) is 0. The molecule has 0 aliphatic carbocycles. The molecule has 1 aliphatic heterocycles. The van der Waals surface area contributed by atoms with Crippen LogP contribution in [0.1, 0.15) is 0 Å². The third-order valence-corrected chi connectivity index (χ3v) is 3.65. The highest BCUT2D eigenvalue weighted by molar-refractivity contribution is 9.10. The van der Waals surface area contributed by atoms with Gasteiger partial charge in [0.1, 0.15) is 0 Å². The number of ether oxygens (including phenoxy) is 1. The molecule has 0 N–H and O–H groups in total. The first-order valence-corrected chi connectivity index (χ1v) is 6.65. The van der Waals surface area contributed by atoms with E-state index in [0.717, 1.165) is 42.1 Å². The molecule has 0 radical (unpaired) electrons. The normalized spacial score (nSPS) is 15.9. The predicted octanol–water partition coefficient (Wildman–Crippen LogP) is 2.94. The van der Waals surface area contributed by atoms with Gasteiger partial charge >= 0.3 is 0 Å². The summed E-state index contributed by atoms with van der Waals surface area (Å²) in [5.41, 5.74) is 2.22. The van der Waals surface area contributed by atoms with Crippen molar-refractivity contribution in [2.45, 2.75) is 0 Å². The average Bonchev–Trinajstić information content (AvgIpc) is 2.93. The van der Waals surface area contributed by atoms with Crippen molar-refractivity contribution in [3.63, 3.8) is 0 Å². The van der Waals surface area contributed by atoms with Gasteiger partial charge in [-0.2, -0.15) is 0 Å². The summed E-state index contributed by atoms with van der Waals surface area (Å²) in [5, 5.41) is 0. The zero-order valence-electron chi connectivity index (χ0n) is 9.80. The maximum absolute atomic E-state index is 5.36.